The number of rotatable bonds is 4. The topological polar surface area (TPSA) is 54.9 Å². The van der Waals surface area contributed by atoms with Crippen molar-refractivity contribution < 1.29 is 4.79 Å². The Morgan fingerprint density at radius 2 is 2.15 bits per heavy atom. The molecule has 1 aliphatic rings. The van der Waals surface area contributed by atoms with E-state index >= 15 is 0 Å². The Kier molecular flexibility index (Phi) is 5.35. The third-order valence-electron chi connectivity index (χ3n) is 3.91. The second-order valence-corrected chi connectivity index (χ2v) is 6.03. The van der Waals surface area contributed by atoms with Gasteiger partial charge in [-0.25, -0.2) is 0 Å². The number of aryl methyl sites for hydroxylation is 2. The Hall–Kier alpha value is -1.16. The minimum absolute atomic E-state index is 0.0608. The van der Waals surface area contributed by atoms with Gasteiger partial charge >= 0.3 is 0 Å². The monoisotopic (exact) mass is 295 g/mol. The van der Waals surface area contributed by atoms with E-state index in [0.717, 1.165) is 24.2 Å². The van der Waals surface area contributed by atoms with Crippen molar-refractivity contribution in [3.05, 3.63) is 23.0 Å². The Bertz CT molecular complexity index is 478. The molecule has 2 atom stereocenters. The van der Waals surface area contributed by atoms with E-state index in [1.165, 1.54) is 12.8 Å². The summed E-state index contributed by atoms with van der Waals surface area (Å²) in [7, 11) is 0. The van der Waals surface area contributed by atoms with Crippen LogP contribution in [0.5, 0.6) is 0 Å². The summed E-state index contributed by atoms with van der Waals surface area (Å²) in [6.07, 6.45) is 5.27. The molecule has 2 unspecified atom stereocenters. The fourth-order valence-corrected chi connectivity index (χ4v) is 3.05. The lowest BCUT2D eigenvalue weighted by atomic mass is 9.88. The van der Waals surface area contributed by atoms with Gasteiger partial charge in [-0.2, -0.15) is 10.2 Å². The van der Waals surface area contributed by atoms with E-state index in [0.29, 0.717) is 24.4 Å². The fourth-order valence-electron chi connectivity index (χ4n) is 2.68. The van der Waals surface area contributed by atoms with Crippen molar-refractivity contribution in [3.63, 3.8) is 0 Å². The van der Waals surface area contributed by atoms with E-state index in [1.807, 2.05) is 13.8 Å². The number of hydrogen-bond donors (Lipinski definition) is 1. The van der Waals surface area contributed by atoms with E-state index < -0.39 is 0 Å². The summed E-state index contributed by atoms with van der Waals surface area (Å²) < 4.78 is 0. The number of carbonyl (C=O) groups is 1. The predicted molar refractivity (Wildman–Crippen MR) is 80.1 cm³/mol. The van der Waals surface area contributed by atoms with Crippen molar-refractivity contribution in [2.45, 2.75) is 51.3 Å². The van der Waals surface area contributed by atoms with Crippen molar-refractivity contribution in [1.82, 2.24) is 15.5 Å². The number of aromatic nitrogens is 2. The molecule has 0 bridgehead atoms. The average molecular weight is 296 g/mol. The van der Waals surface area contributed by atoms with Crippen LogP contribution in [0.2, 0.25) is 0 Å². The number of carbonyl (C=O) groups excluding carboxylic acids is 1. The molecule has 1 N–H and O–H groups in total. The van der Waals surface area contributed by atoms with Crippen LogP contribution in [0.25, 0.3) is 0 Å². The zero-order chi connectivity index (χ0) is 14.5. The van der Waals surface area contributed by atoms with Crippen LogP contribution in [0.1, 0.15) is 54.4 Å². The van der Waals surface area contributed by atoms with Crippen LogP contribution in [0, 0.1) is 12.8 Å². The molecule has 1 fully saturated rings. The first-order chi connectivity index (χ1) is 9.61. The number of nitrogens with one attached hydrogen (secondary N) is 1. The highest BCUT2D eigenvalue weighted by atomic mass is 35.5. The Balaban J connectivity index is 1.99. The average Bonchev–Trinajstić information content (AvgIpc) is 2.46. The van der Waals surface area contributed by atoms with E-state index in [2.05, 4.69) is 15.5 Å². The Morgan fingerprint density at radius 1 is 1.40 bits per heavy atom. The van der Waals surface area contributed by atoms with Gasteiger partial charge in [0.1, 0.15) is 0 Å². The zero-order valence-electron chi connectivity index (χ0n) is 12.2. The van der Waals surface area contributed by atoms with E-state index in [-0.39, 0.29) is 11.3 Å². The molecule has 5 heteroatoms. The van der Waals surface area contributed by atoms with Gasteiger partial charge in [0, 0.05) is 11.9 Å². The van der Waals surface area contributed by atoms with Gasteiger partial charge in [0.25, 0.3) is 5.91 Å². The molecule has 1 heterocycles. The van der Waals surface area contributed by atoms with Crippen molar-refractivity contribution in [2.75, 3.05) is 6.54 Å². The van der Waals surface area contributed by atoms with Crippen molar-refractivity contribution in [2.24, 2.45) is 5.92 Å². The van der Waals surface area contributed by atoms with Crippen molar-refractivity contribution in [3.8, 4) is 0 Å². The molecule has 4 nitrogen and oxygen atoms in total. The summed E-state index contributed by atoms with van der Waals surface area (Å²) in [5.74, 6) is 0.324. The van der Waals surface area contributed by atoms with E-state index in [4.69, 9.17) is 11.6 Å². The summed E-state index contributed by atoms with van der Waals surface area (Å²) >= 11 is 6.32. The molecule has 1 aromatic heterocycles. The third-order valence-corrected chi connectivity index (χ3v) is 4.49. The van der Waals surface area contributed by atoms with E-state index in [9.17, 15) is 4.79 Å². The maximum absolute atomic E-state index is 12.3. The lowest BCUT2D eigenvalue weighted by molar-refractivity contribution is 0.0942. The van der Waals surface area contributed by atoms with Gasteiger partial charge in [0.2, 0.25) is 0 Å². The maximum atomic E-state index is 12.3. The highest BCUT2D eigenvalue weighted by Gasteiger charge is 2.24. The normalized spacial score (nSPS) is 22.6. The smallest absolute Gasteiger partial charge is 0.253 e. The highest BCUT2D eigenvalue weighted by molar-refractivity contribution is 6.20. The molecule has 1 amide bonds. The summed E-state index contributed by atoms with van der Waals surface area (Å²) in [5, 5.41) is 11.3. The lowest BCUT2D eigenvalue weighted by Gasteiger charge is -2.27. The molecule has 1 aromatic rings. The summed E-state index contributed by atoms with van der Waals surface area (Å²) in [5.41, 5.74) is 2.15. The first-order valence-electron chi connectivity index (χ1n) is 7.37. The molecule has 20 heavy (non-hydrogen) atoms. The summed E-state index contributed by atoms with van der Waals surface area (Å²) in [6.45, 7) is 4.47. The fraction of sp³-hybridized carbons (Fsp3) is 0.667. The van der Waals surface area contributed by atoms with Gasteiger partial charge in [0.05, 0.1) is 17.0 Å². The van der Waals surface area contributed by atoms with Crippen molar-refractivity contribution >= 4 is 17.5 Å². The van der Waals surface area contributed by atoms with Gasteiger partial charge < -0.3 is 5.32 Å². The second-order valence-electron chi connectivity index (χ2n) is 5.47. The van der Waals surface area contributed by atoms with Gasteiger partial charge in [-0.15, -0.1) is 11.6 Å². The molecule has 0 spiro atoms. The van der Waals surface area contributed by atoms with E-state index in [1.54, 1.807) is 6.07 Å². The van der Waals surface area contributed by atoms with Crippen LogP contribution in [0.3, 0.4) is 0 Å². The Labute approximate surface area is 125 Å². The number of amides is 1. The molecule has 1 aliphatic carbocycles. The van der Waals surface area contributed by atoms with Gasteiger partial charge in [-0.3, -0.25) is 4.79 Å². The lowest BCUT2D eigenvalue weighted by Crippen LogP contribution is -2.35. The first-order valence-corrected chi connectivity index (χ1v) is 7.81. The van der Waals surface area contributed by atoms with Crippen LogP contribution < -0.4 is 5.32 Å². The molecule has 110 valence electrons. The van der Waals surface area contributed by atoms with Gasteiger partial charge in [0.15, 0.2) is 0 Å². The predicted octanol–water partition coefficient (Wildman–Crippen LogP) is 2.87. The second kappa shape index (κ2) is 7.02. The number of halogens is 1. The molecule has 0 saturated heterocycles. The van der Waals surface area contributed by atoms with Crippen LogP contribution in [-0.4, -0.2) is 28.0 Å². The SMILES string of the molecule is CCc1nnc(C)cc1C(=O)NCC1CCCCC1Cl. The van der Waals surface area contributed by atoms with Crippen molar-refractivity contribution in [1.29, 1.82) is 0 Å². The standard InChI is InChI=1S/C15H22ClN3O/c1-3-14-12(8-10(2)18-19-14)15(20)17-9-11-6-4-5-7-13(11)16/h8,11,13H,3-7,9H2,1-2H3,(H,17,20). The van der Waals surface area contributed by atoms with Gasteiger partial charge in [-0.1, -0.05) is 19.8 Å². The molecule has 2 rings (SSSR count). The zero-order valence-corrected chi connectivity index (χ0v) is 12.9. The minimum atomic E-state index is -0.0608. The Morgan fingerprint density at radius 3 is 2.85 bits per heavy atom. The molecular weight excluding hydrogens is 274 g/mol. The summed E-state index contributed by atoms with van der Waals surface area (Å²) in [6, 6.07) is 1.81. The maximum Gasteiger partial charge on any atom is 0.253 e. The molecule has 0 aliphatic heterocycles. The number of nitrogens with zero attached hydrogens (tertiary/aromatic N) is 2. The molecule has 1 saturated carbocycles. The van der Waals surface area contributed by atoms with Crippen LogP contribution in [0.15, 0.2) is 6.07 Å². The molecular formula is C15H22ClN3O. The number of hydrogen-bond acceptors (Lipinski definition) is 3. The van der Waals surface area contributed by atoms with Crippen LogP contribution in [-0.2, 0) is 6.42 Å². The van der Waals surface area contributed by atoms with Gasteiger partial charge in [-0.05, 0) is 38.2 Å². The van der Waals surface area contributed by atoms with Crippen LogP contribution in [0.4, 0.5) is 0 Å². The summed E-state index contributed by atoms with van der Waals surface area (Å²) in [4.78, 5) is 12.3. The quantitative estimate of drug-likeness (QED) is 0.869. The first kappa shape index (κ1) is 15.2. The molecule has 0 aromatic carbocycles. The minimum Gasteiger partial charge on any atom is -0.352 e. The molecule has 0 radical (unpaired) electrons. The third kappa shape index (κ3) is 3.69. The largest absolute Gasteiger partial charge is 0.352 e. The number of alkyl halides is 1. The van der Waals surface area contributed by atoms with Crippen LogP contribution >= 0.6 is 11.6 Å². The highest BCUT2D eigenvalue weighted by Crippen LogP contribution is 2.28.